The monoisotopic (exact) mass is 250 g/mol. The third-order valence-corrected chi connectivity index (χ3v) is 3.50. The van der Waals surface area contributed by atoms with Crippen molar-refractivity contribution in [2.24, 2.45) is 17.6 Å². The summed E-state index contributed by atoms with van der Waals surface area (Å²) in [7, 11) is 3.81. The van der Waals surface area contributed by atoms with Crippen molar-refractivity contribution in [1.82, 2.24) is 0 Å². The molecule has 3 heteroatoms. The quantitative estimate of drug-likeness (QED) is 0.843. The van der Waals surface area contributed by atoms with Crippen molar-refractivity contribution < 1.29 is 4.74 Å². The molecule has 2 N–H and O–H groups in total. The number of benzene rings is 1. The molecule has 0 aliphatic heterocycles. The SMILES string of the molecule is COc1ccc(C)cc1N(C)CC(CN)C(C)C. The van der Waals surface area contributed by atoms with Crippen LogP contribution in [-0.2, 0) is 0 Å². The van der Waals surface area contributed by atoms with E-state index in [2.05, 4.69) is 44.9 Å². The van der Waals surface area contributed by atoms with E-state index in [1.807, 2.05) is 6.07 Å². The first-order chi connectivity index (χ1) is 8.49. The van der Waals surface area contributed by atoms with E-state index in [4.69, 9.17) is 10.5 Å². The standard InChI is InChI=1S/C15H26N2O/c1-11(2)13(9-16)10-17(4)14-8-12(3)6-7-15(14)18-5/h6-8,11,13H,9-10,16H2,1-5H3. The Kier molecular flexibility index (Phi) is 5.48. The van der Waals surface area contributed by atoms with E-state index in [-0.39, 0.29) is 0 Å². The van der Waals surface area contributed by atoms with Crippen molar-refractivity contribution in [1.29, 1.82) is 0 Å². The minimum absolute atomic E-state index is 0.500. The molecule has 1 atom stereocenters. The van der Waals surface area contributed by atoms with E-state index in [9.17, 15) is 0 Å². The van der Waals surface area contributed by atoms with E-state index in [1.54, 1.807) is 7.11 Å². The normalized spacial score (nSPS) is 12.6. The summed E-state index contributed by atoms with van der Waals surface area (Å²) < 4.78 is 5.42. The molecule has 0 bridgehead atoms. The van der Waals surface area contributed by atoms with Gasteiger partial charge in [0, 0.05) is 13.6 Å². The maximum absolute atomic E-state index is 5.84. The molecule has 0 saturated heterocycles. The lowest BCUT2D eigenvalue weighted by Gasteiger charge is -2.28. The molecule has 0 aromatic heterocycles. The predicted octanol–water partition coefficient (Wildman–Crippen LogP) is 2.67. The average molecular weight is 250 g/mol. The van der Waals surface area contributed by atoms with Gasteiger partial charge in [-0.05, 0) is 43.0 Å². The summed E-state index contributed by atoms with van der Waals surface area (Å²) >= 11 is 0. The third-order valence-electron chi connectivity index (χ3n) is 3.50. The van der Waals surface area contributed by atoms with Crippen LogP contribution in [0.3, 0.4) is 0 Å². The molecule has 3 nitrogen and oxygen atoms in total. The maximum atomic E-state index is 5.84. The van der Waals surface area contributed by atoms with Gasteiger partial charge in [0.05, 0.1) is 12.8 Å². The largest absolute Gasteiger partial charge is 0.495 e. The maximum Gasteiger partial charge on any atom is 0.142 e. The highest BCUT2D eigenvalue weighted by molar-refractivity contribution is 5.59. The molecular weight excluding hydrogens is 224 g/mol. The van der Waals surface area contributed by atoms with Crippen molar-refractivity contribution in [3.63, 3.8) is 0 Å². The van der Waals surface area contributed by atoms with Gasteiger partial charge in [-0.2, -0.15) is 0 Å². The first kappa shape index (κ1) is 14.8. The van der Waals surface area contributed by atoms with Gasteiger partial charge in [-0.1, -0.05) is 19.9 Å². The molecule has 0 fully saturated rings. The van der Waals surface area contributed by atoms with E-state index in [0.717, 1.165) is 24.5 Å². The number of rotatable bonds is 6. The van der Waals surface area contributed by atoms with Gasteiger partial charge in [-0.15, -0.1) is 0 Å². The highest BCUT2D eigenvalue weighted by atomic mass is 16.5. The Morgan fingerprint density at radius 1 is 1.33 bits per heavy atom. The predicted molar refractivity (Wildman–Crippen MR) is 78.4 cm³/mol. The van der Waals surface area contributed by atoms with E-state index < -0.39 is 0 Å². The Morgan fingerprint density at radius 3 is 2.50 bits per heavy atom. The van der Waals surface area contributed by atoms with Crippen LogP contribution in [0.2, 0.25) is 0 Å². The molecule has 0 heterocycles. The average Bonchev–Trinajstić information content (AvgIpc) is 2.35. The fraction of sp³-hybridized carbons (Fsp3) is 0.600. The number of hydrogen-bond acceptors (Lipinski definition) is 3. The zero-order valence-electron chi connectivity index (χ0n) is 12.2. The second kappa shape index (κ2) is 6.64. The molecule has 0 amide bonds. The van der Waals surface area contributed by atoms with Crippen LogP contribution in [0, 0.1) is 18.8 Å². The fourth-order valence-corrected chi connectivity index (χ4v) is 2.11. The zero-order chi connectivity index (χ0) is 13.7. The number of ether oxygens (including phenoxy) is 1. The lowest BCUT2D eigenvalue weighted by molar-refractivity contribution is 0.391. The van der Waals surface area contributed by atoms with Gasteiger partial charge in [0.2, 0.25) is 0 Å². The van der Waals surface area contributed by atoms with Gasteiger partial charge in [0.15, 0.2) is 0 Å². The van der Waals surface area contributed by atoms with Crippen LogP contribution in [0.4, 0.5) is 5.69 Å². The van der Waals surface area contributed by atoms with Crippen LogP contribution < -0.4 is 15.4 Å². The second-order valence-electron chi connectivity index (χ2n) is 5.30. The number of aryl methyl sites for hydroxylation is 1. The van der Waals surface area contributed by atoms with Crippen molar-refractivity contribution in [2.75, 3.05) is 32.1 Å². The summed E-state index contributed by atoms with van der Waals surface area (Å²) in [6.07, 6.45) is 0. The van der Waals surface area contributed by atoms with Crippen LogP contribution in [-0.4, -0.2) is 27.2 Å². The third kappa shape index (κ3) is 3.64. The number of hydrogen-bond donors (Lipinski definition) is 1. The summed E-state index contributed by atoms with van der Waals surface area (Å²) in [6, 6.07) is 6.25. The number of nitrogens with two attached hydrogens (primary N) is 1. The van der Waals surface area contributed by atoms with Gasteiger partial charge < -0.3 is 15.4 Å². The van der Waals surface area contributed by atoms with Gasteiger partial charge in [-0.3, -0.25) is 0 Å². The molecule has 0 aliphatic rings. The molecule has 18 heavy (non-hydrogen) atoms. The lowest BCUT2D eigenvalue weighted by Crippen LogP contribution is -2.33. The summed E-state index contributed by atoms with van der Waals surface area (Å²) in [5, 5.41) is 0. The summed E-state index contributed by atoms with van der Waals surface area (Å²) in [5.41, 5.74) is 8.22. The number of anilines is 1. The van der Waals surface area contributed by atoms with Crippen LogP contribution in [0.1, 0.15) is 19.4 Å². The summed E-state index contributed by atoms with van der Waals surface area (Å²) in [5.74, 6) is 2.01. The first-order valence-corrected chi connectivity index (χ1v) is 6.55. The zero-order valence-corrected chi connectivity index (χ0v) is 12.2. The lowest BCUT2D eigenvalue weighted by atomic mass is 9.95. The molecule has 0 aliphatic carbocycles. The topological polar surface area (TPSA) is 38.5 Å². The van der Waals surface area contributed by atoms with Crippen LogP contribution in [0.5, 0.6) is 5.75 Å². The Morgan fingerprint density at radius 2 is 2.00 bits per heavy atom. The van der Waals surface area contributed by atoms with Gasteiger partial charge in [-0.25, -0.2) is 0 Å². The highest BCUT2D eigenvalue weighted by Gasteiger charge is 2.16. The highest BCUT2D eigenvalue weighted by Crippen LogP contribution is 2.29. The van der Waals surface area contributed by atoms with Crippen molar-refractivity contribution >= 4 is 5.69 Å². The summed E-state index contributed by atoms with van der Waals surface area (Å²) in [6.45, 7) is 8.21. The Balaban J connectivity index is 2.88. The van der Waals surface area contributed by atoms with Gasteiger partial charge in [0.1, 0.15) is 5.75 Å². The first-order valence-electron chi connectivity index (χ1n) is 6.55. The molecule has 0 radical (unpaired) electrons. The van der Waals surface area contributed by atoms with Crippen LogP contribution >= 0.6 is 0 Å². The van der Waals surface area contributed by atoms with E-state index in [0.29, 0.717) is 11.8 Å². The van der Waals surface area contributed by atoms with E-state index >= 15 is 0 Å². The Hall–Kier alpha value is -1.22. The molecule has 1 unspecified atom stereocenters. The van der Waals surface area contributed by atoms with Crippen molar-refractivity contribution in [2.45, 2.75) is 20.8 Å². The minimum atomic E-state index is 0.500. The van der Waals surface area contributed by atoms with Crippen LogP contribution in [0.15, 0.2) is 18.2 Å². The fourth-order valence-electron chi connectivity index (χ4n) is 2.11. The van der Waals surface area contributed by atoms with Crippen LogP contribution in [0.25, 0.3) is 0 Å². The van der Waals surface area contributed by atoms with Gasteiger partial charge in [0.25, 0.3) is 0 Å². The second-order valence-corrected chi connectivity index (χ2v) is 5.30. The smallest absolute Gasteiger partial charge is 0.142 e. The number of nitrogens with zero attached hydrogens (tertiary/aromatic N) is 1. The number of methoxy groups -OCH3 is 1. The Bertz CT molecular complexity index is 377. The minimum Gasteiger partial charge on any atom is -0.495 e. The molecule has 0 spiro atoms. The molecule has 1 rings (SSSR count). The van der Waals surface area contributed by atoms with E-state index in [1.165, 1.54) is 5.56 Å². The molecule has 102 valence electrons. The van der Waals surface area contributed by atoms with Crippen molar-refractivity contribution in [3.8, 4) is 5.75 Å². The summed E-state index contributed by atoms with van der Waals surface area (Å²) in [4.78, 5) is 2.24. The molecule has 1 aromatic carbocycles. The Labute approximate surface area is 111 Å². The van der Waals surface area contributed by atoms with Crippen molar-refractivity contribution in [3.05, 3.63) is 23.8 Å². The van der Waals surface area contributed by atoms with Gasteiger partial charge >= 0.3 is 0 Å². The molecular formula is C15H26N2O. The molecule has 1 aromatic rings. The molecule has 0 saturated carbocycles.